The Morgan fingerprint density at radius 3 is 1.07 bits per heavy atom. The number of hydrogen-bond donors (Lipinski definition) is 10. The maximum atomic E-state index is 8.56. The number of carbonyl (C=O) groups is 1. The zero-order valence-corrected chi connectivity index (χ0v) is 7.61. The molecule has 11 nitrogen and oxygen atoms in total. The molecule has 0 unspecified atom stereocenters. The number of carboxylic acid groups (broad SMARTS) is 2. The van der Waals surface area contributed by atoms with E-state index in [1.165, 1.54) is 0 Å². The fourth-order valence-electron chi connectivity index (χ4n) is 0.145. The topological polar surface area (TPSA) is 245 Å². The average Bonchev–Trinajstić information content (AvgIpc) is 1.78. The van der Waals surface area contributed by atoms with E-state index in [-0.39, 0.29) is 17.9 Å². The molecule has 0 aliphatic heterocycles. The van der Waals surface area contributed by atoms with Gasteiger partial charge in [0, 0.05) is 0 Å². The Hall–Kier alpha value is -2.72. The molecule has 0 aromatic rings. The molecular formula is C4H14N8O3. The van der Waals surface area contributed by atoms with Crippen LogP contribution in [0, 0.1) is 16.2 Å². The lowest BCUT2D eigenvalue weighted by Crippen LogP contribution is -2.39. The molecule has 0 aromatic heterocycles. The summed E-state index contributed by atoms with van der Waals surface area (Å²) in [5.74, 6) is -0.958. The van der Waals surface area contributed by atoms with Crippen LogP contribution in [0.3, 0.4) is 0 Å². The molecule has 0 saturated carbocycles. The van der Waals surface area contributed by atoms with Crippen molar-refractivity contribution in [3.63, 3.8) is 0 Å². The van der Waals surface area contributed by atoms with E-state index < -0.39 is 6.16 Å². The zero-order valence-electron chi connectivity index (χ0n) is 7.61. The van der Waals surface area contributed by atoms with Crippen molar-refractivity contribution >= 4 is 24.0 Å². The zero-order chi connectivity index (χ0) is 13.0. The minimum atomic E-state index is -1.83. The fourth-order valence-corrected chi connectivity index (χ4v) is 0.145. The largest absolute Gasteiger partial charge is 0.503 e. The van der Waals surface area contributed by atoms with Gasteiger partial charge in [0.1, 0.15) is 0 Å². The van der Waals surface area contributed by atoms with Gasteiger partial charge in [-0.3, -0.25) is 21.5 Å². The van der Waals surface area contributed by atoms with Gasteiger partial charge >= 0.3 is 6.16 Å². The van der Waals surface area contributed by atoms with E-state index in [0.29, 0.717) is 0 Å². The molecule has 0 amide bonds. The fraction of sp³-hybridized carbons (Fsp3) is 0. The second-order valence-electron chi connectivity index (χ2n) is 1.69. The smallest absolute Gasteiger partial charge is 0.450 e. The van der Waals surface area contributed by atoms with Crippen molar-refractivity contribution in [2.75, 3.05) is 0 Å². The highest BCUT2D eigenvalue weighted by Gasteiger charge is 1.83. The number of nitrogens with one attached hydrogen (secondary N) is 4. The van der Waals surface area contributed by atoms with Gasteiger partial charge in [-0.05, 0) is 0 Å². The minimum absolute atomic E-state index is 0.312. The summed E-state index contributed by atoms with van der Waals surface area (Å²) in [4.78, 5) is 8.56. The molecule has 0 radical (unpaired) electrons. The van der Waals surface area contributed by atoms with Gasteiger partial charge in [-0.15, -0.1) is 0 Å². The molecule has 15 heavy (non-hydrogen) atoms. The third-order valence-electron chi connectivity index (χ3n) is 0.269. The highest BCUT2D eigenvalue weighted by atomic mass is 16.6. The van der Waals surface area contributed by atoms with Gasteiger partial charge in [-0.25, -0.2) is 4.79 Å². The van der Waals surface area contributed by atoms with E-state index in [2.05, 4.69) is 11.5 Å². The van der Waals surface area contributed by atoms with Crippen LogP contribution in [0.25, 0.3) is 0 Å². The molecule has 0 aliphatic rings. The van der Waals surface area contributed by atoms with Gasteiger partial charge in [-0.1, -0.05) is 0 Å². The Kier molecular flexibility index (Phi) is 13.6. The molecule has 0 saturated heterocycles. The van der Waals surface area contributed by atoms with Crippen LogP contribution in [0.4, 0.5) is 4.79 Å². The summed E-state index contributed by atoms with van der Waals surface area (Å²) >= 11 is 0. The number of rotatable bonds is 0. The minimum Gasteiger partial charge on any atom is -0.450 e. The molecule has 88 valence electrons. The van der Waals surface area contributed by atoms with Gasteiger partial charge in [0.2, 0.25) is 0 Å². The van der Waals surface area contributed by atoms with Crippen LogP contribution < -0.4 is 28.3 Å². The van der Waals surface area contributed by atoms with Crippen LogP contribution in [-0.2, 0) is 0 Å². The quantitative estimate of drug-likeness (QED) is 0.153. The summed E-state index contributed by atoms with van der Waals surface area (Å²) in [7, 11) is 0. The van der Waals surface area contributed by atoms with Crippen molar-refractivity contribution in [2.45, 2.75) is 0 Å². The first-order chi connectivity index (χ1) is 6.59. The molecule has 0 rings (SSSR count). The van der Waals surface area contributed by atoms with Crippen molar-refractivity contribution in [1.82, 2.24) is 5.32 Å². The molecule has 0 atom stereocenters. The van der Waals surface area contributed by atoms with Crippen LogP contribution in [-0.4, -0.2) is 34.2 Å². The van der Waals surface area contributed by atoms with E-state index in [1.807, 2.05) is 5.32 Å². The number of nitrogens with two attached hydrogens (primary N) is 4. The monoisotopic (exact) mass is 222 g/mol. The number of guanidine groups is 3. The van der Waals surface area contributed by atoms with Crippen molar-refractivity contribution in [3.8, 4) is 0 Å². The molecular weight excluding hydrogens is 208 g/mol. The Bertz CT molecular complexity index is 206. The molecule has 0 heterocycles. The lowest BCUT2D eigenvalue weighted by Gasteiger charge is -1.95. The van der Waals surface area contributed by atoms with Crippen LogP contribution >= 0.6 is 0 Å². The van der Waals surface area contributed by atoms with E-state index in [1.54, 1.807) is 0 Å². The standard InChI is InChI=1S/C2H7N5.CH5N3.CH2O3/c3-1(4)7-2(5)6;2*2-1(3)4/h(H7,3,4,5,6,7);(H5,2,3,4);(H2,2,3,4). The Balaban J connectivity index is -0.000000155. The second-order valence-corrected chi connectivity index (χ2v) is 1.69. The van der Waals surface area contributed by atoms with E-state index in [4.69, 9.17) is 42.7 Å². The first kappa shape index (κ1) is 18.1. The van der Waals surface area contributed by atoms with Crippen LogP contribution in [0.15, 0.2) is 0 Å². The summed E-state index contributed by atoms with van der Waals surface area (Å²) in [5.41, 5.74) is 18.4. The van der Waals surface area contributed by atoms with Crippen molar-refractivity contribution in [3.05, 3.63) is 0 Å². The molecule has 0 aromatic carbocycles. The van der Waals surface area contributed by atoms with Crippen LogP contribution in [0.1, 0.15) is 0 Å². The van der Waals surface area contributed by atoms with Gasteiger partial charge in [-0.2, -0.15) is 0 Å². The van der Waals surface area contributed by atoms with Crippen molar-refractivity contribution in [1.29, 1.82) is 16.2 Å². The van der Waals surface area contributed by atoms with Crippen LogP contribution in [0.2, 0.25) is 0 Å². The lowest BCUT2D eigenvalue weighted by molar-refractivity contribution is 0.137. The maximum absolute atomic E-state index is 8.56. The molecule has 0 fully saturated rings. The van der Waals surface area contributed by atoms with Gasteiger partial charge < -0.3 is 33.1 Å². The summed E-state index contributed by atoms with van der Waals surface area (Å²) in [5, 5.41) is 35.0. The van der Waals surface area contributed by atoms with E-state index in [0.717, 1.165) is 0 Å². The third-order valence-corrected chi connectivity index (χ3v) is 0.269. The number of hydrogen-bond acceptors (Lipinski definition) is 4. The Morgan fingerprint density at radius 1 is 0.933 bits per heavy atom. The SMILES string of the molecule is N=C(N)N.N=C(N)NC(=N)N.O=C(O)O. The second kappa shape index (κ2) is 11.3. The summed E-state index contributed by atoms with van der Waals surface area (Å²) in [6.45, 7) is 0. The van der Waals surface area contributed by atoms with Crippen LogP contribution in [0.5, 0.6) is 0 Å². The lowest BCUT2D eigenvalue weighted by atomic mass is 10.9. The summed E-state index contributed by atoms with van der Waals surface area (Å²) in [6, 6.07) is 0. The summed E-state index contributed by atoms with van der Waals surface area (Å²) < 4.78 is 0. The van der Waals surface area contributed by atoms with Gasteiger partial charge in [0.25, 0.3) is 0 Å². The molecule has 14 N–H and O–H groups in total. The highest BCUT2D eigenvalue weighted by Crippen LogP contribution is 1.44. The van der Waals surface area contributed by atoms with E-state index >= 15 is 0 Å². The highest BCUT2D eigenvalue weighted by molar-refractivity contribution is 5.93. The average molecular weight is 222 g/mol. The summed E-state index contributed by atoms with van der Waals surface area (Å²) in [6.07, 6.45) is -1.83. The first-order valence-electron chi connectivity index (χ1n) is 3.06. The maximum Gasteiger partial charge on any atom is 0.503 e. The molecule has 0 aliphatic carbocycles. The predicted octanol–water partition coefficient (Wildman–Crippen LogP) is -2.58. The molecule has 0 bridgehead atoms. The van der Waals surface area contributed by atoms with Crippen molar-refractivity contribution in [2.24, 2.45) is 22.9 Å². The third kappa shape index (κ3) is 593. The Morgan fingerprint density at radius 2 is 1.07 bits per heavy atom. The normalized spacial score (nSPS) is 6.67. The van der Waals surface area contributed by atoms with E-state index in [9.17, 15) is 0 Å². The molecule has 0 spiro atoms. The first-order valence-corrected chi connectivity index (χ1v) is 3.06. The van der Waals surface area contributed by atoms with Gasteiger partial charge in [0.05, 0.1) is 0 Å². The predicted molar refractivity (Wildman–Crippen MR) is 53.7 cm³/mol. The Labute approximate surface area is 84.6 Å². The van der Waals surface area contributed by atoms with Gasteiger partial charge in [0.15, 0.2) is 17.9 Å². The molecule has 11 heteroatoms. The van der Waals surface area contributed by atoms with Crippen molar-refractivity contribution < 1.29 is 15.0 Å².